The maximum atomic E-state index is 13.0. The molecule has 1 aliphatic heterocycles. The maximum absolute atomic E-state index is 13.0. The van der Waals surface area contributed by atoms with Crippen LogP contribution < -0.4 is 10.1 Å². The van der Waals surface area contributed by atoms with Crippen LogP contribution in [0.2, 0.25) is 10.0 Å². The lowest BCUT2D eigenvalue weighted by Gasteiger charge is -2.12. The summed E-state index contributed by atoms with van der Waals surface area (Å²) in [5.74, 6) is -0.312. The van der Waals surface area contributed by atoms with Gasteiger partial charge in [0, 0.05) is 27.6 Å². The van der Waals surface area contributed by atoms with Crippen molar-refractivity contribution in [1.82, 2.24) is 4.57 Å². The largest absolute Gasteiger partial charge is 0.317 e. The first-order valence-corrected chi connectivity index (χ1v) is 11.3. The van der Waals surface area contributed by atoms with Crippen molar-refractivity contribution in [3.05, 3.63) is 82.1 Å². The van der Waals surface area contributed by atoms with Crippen molar-refractivity contribution in [2.75, 3.05) is 5.01 Å². The van der Waals surface area contributed by atoms with Crippen LogP contribution in [0.5, 0.6) is 0 Å². The molecule has 0 saturated heterocycles. The van der Waals surface area contributed by atoms with Crippen LogP contribution in [0.15, 0.2) is 76.4 Å². The number of rotatable bonds is 4. The number of sulfonamides is 1. The van der Waals surface area contributed by atoms with Gasteiger partial charge in [0.1, 0.15) is 0 Å². The number of aromatic nitrogens is 1. The van der Waals surface area contributed by atoms with E-state index < -0.39 is 10.0 Å². The van der Waals surface area contributed by atoms with E-state index in [-0.39, 0.29) is 10.8 Å². The number of benzene rings is 2. The van der Waals surface area contributed by atoms with Crippen molar-refractivity contribution in [3.63, 3.8) is 0 Å². The summed E-state index contributed by atoms with van der Waals surface area (Å²) in [4.78, 5) is 13.1. The van der Waals surface area contributed by atoms with Gasteiger partial charge in [0.2, 0.25) is 10.0 Å². The number of hydrogen-bond acceptors (Lipinski definition) is 4. The van der Waals surface area contributed by atoms with E-state index in [2.05, 4.69) is 5.10 Å². The number of hydrogen-bond donors (Lipinski definition) is 1. The Labute approximate surface area is 189 Å². The number of hydrazone groups is 1. The quantitative estimate of drug-likeness (QED) is 0.572. The second-order valence-corrected chi connectivity index (χ2v) is 9.26. The predicted molar refractivity (Wildman–Crippen MR) is 122 cm³/mol. The summed E-state index contributed by atoms with van der Waals surface area (Å²) in [5.41, 5.74) is 2.85. The Balaban J connectivity index is 1.68. The summed E-state index contributed by atoms with van der Waals surface area (Å²) in [6.07, 6.45) is 3.53. The van der Waals surface area contributed by atoms with Crippen molar-refractivity contribution in [1.29, 1.82) is 0 Å². The van der Waals surface area contributed by atoms with Crippen molar-refractivity contribution in [2.45, 2.75) is 11.8 Å². The Kier molecular flexibility index (Phi) is 5.49. The zero-order valence-corrected chi connectivity index (χ0v) is 18.5. The smallest absolute Gasteiger partial charge is 0.280 e. The van der Waals surface area contributed by atoms with Gasteiger partial charge in [0.05, 0.1) is 21.9 Å². The molecule has 0 saturated carbocycles. The van der Waals surface area contributed by atoms with Gasteiger partial charge in [-0.2, -0.15) is 10.1 Å². The van der Waals surface area contributed by atoms with Crippen LogP contribution in [0.4, 0.5) is 5.69 Å². The number of nitrogens with two attached hydrogens (primary N) is 1. The van der Waals surface area contributed by atoms with Crippen LogP contribution in [0.3, 0.4) is 0 Å². The van der Waals surface area contributed by atoms with Crippen LogP contribution >= 0.6 is 23.2 Å². The maximum Gasteiger partial charge on any atom is 0.280 e. The fourth-order valence-corrected chi connectivity index (χ4v) is 4.24. The Morgan fingerprint density at radius 2 is 1.65 bits per heavy atom. The molecule has 2 aromatic carbocycles. The molecule has 0 aliphatic carbocycles. The van der Waals surface area contributed by atoms with Gasteiger partial charge in [-0.15, -0.1) is 0 Å². The van der Waals surface area contributed by atoms with Crippen molar-refractivity contribution < 1.29 is 13.2 Å². The van der Waals surface area contributed by atoms with Gasteiger partial charge in [-0.05, 0) is 67.6 Å². The molecule has 4 rings (SSSR count). The molecule has 0 spiro atoms. The van der Waals surface area contributed by atoms with Crippen molar-refractivity contribution in [2.24, 2.45) is 10.2 Å². The lowest BCUT2D eigenvalue weighted by molar-refractivity contribution is -0.114. The monoisotopic (exact) mass is 474 g/mol. The second kappa shape index (κ2) is 7.97. The lowest BCUT2D eigenvalue weighted by Crippen LogP contribution is -2.21. The summed E-state index contributed by atoms with van der Waals surface area (Å²) < 4.78 is 24.8. The number of amides is 1. The summed E-state index contributed by atoms with van der Waals surface area (Å²) in [7, 11) is -3.78. The standard InChI is InChI=1S/C21H16Cl2N4O3S/c1-13-20(21(28)27(25-13)18-10-14(22)9-15(23)11-18)12-17-3-2-8-26(17)16-4-6-19(7-5-16)31(24,29)30/h2-12H,1H3,(H2,24,29,30). The zero-order chi connectivity index (χ0) is 22.3. The van der Waals surface area contributed by atoms with Gasteiger partial charge in [-0.3, -0.25) is 4.79 Å². The third kappa shape index (κ3) is 4.28. The van der Waals surface area contributed by atoms with Gasteiger partial charge in [0.25, 0.3) is 5.91 Å². The molecule has 0 bridgehead atoms. The first-order chi connectivity index (χ1) is 14.6. The molecule has 0 fully saturated rings. The van der Waals surface area contributed by atoms with Crippen molar-refractivity contribution >= 4 is 56.6 Å². The Bertz CT molecular complexity index is 1340. The van der Waals surface area contributed by atoms with Crippen LogP contribution in [0.1, 0.15) is 12.6 Å². The third-order valence-electron chi connectivity index (χ3n) is 4.67. The molecular formula is C21H16Cl2N4O3S. The molecule has 0 radical (unpaired) electrons. The SMILES string of the molecule is CC1=NN(c2cc(Cl)cc(Cl)c2)C(=O)C1=Cc1cccn1-c1ccc(S(N)(=O)=O)cc1. The van der Waals surface area contributed by atoms with E-state index >= 15 is 0 Å². The molecule has 1 aromatic heterocycles. The molecule has 158 valence electrons. The molecule has 2 N–H and O–H groups in total. The van der Waals surface area contributed by atoms with Gasteiger partial charge < -0.3 is 4.57 Å². The normalized spacial score (nSPS) is 15.6. The highest BCUT2D eigenvalue weighted by Crippen LogP contribution is 2.30. The van der Waals surface area contributed by atoms with Gasteiger partial charge in [-0.1, -0.05) is 23.2 Å². The minimum atomic E-state index is -3.78. The molecule has 2 heterocycles. The van der Waals surface area contributed by atoms with Crippen LogP contribution in [0.25, 0.3) is 11.8 Å². The summed E-state index contributed by atoms with van der Waals surface area (Å²) in [6.45, 7) is 1.74. The first-order valence-electron chi connectivity index (χ1n) is 9.02. The number of halogens is 2. The number of nitrogens with zero attached hydrogens (tertiary/aromatic N) is 3. The topological polar surface area (TPSA) is 97.8 Å². The lowest BCUT2D eigenvalue weighted by atomic mass is 10.1. The van der Waals surface area contributed by atoms with Gasteiger partial charge in [-0.25, -0.2) is 13.6 Å². The molecule has 3 aromatic rings. The minimum Gasteiger partial charge on any atom is -0.317 e. The van der Waals surface area contributed by atoms with Crippen LogP contribution in [-0.4, -0.2) is 24.6 Å². The molecule has 0 unspecified atom stereocenters. The van der Waals surface area contributed by atoms with E-state index in [0.29, 0.717) is 38.4 Å². The van der Waals surface area contributed by atoms with Crippen LogP contribution in [0, 0.1) is 0 Å². The fourth-order valence-electron chi connectivity index (χ4n) is 3.21. The number of carbonyl (C=O) groups excluding carboxylic acids is 1. The molecular weight excluding hydrogens is 459 g/mol. The van der Waals surface area contributed by atoms with E-state index in [1.54, 1.807) is 49.5 Å². The summed E-state index contributed by atoms with van der Waals surface area (Å²) >= 11 is 12.1. The Hall–Kier alpha value is -2.91. The highest BCUT2D eigenvalue weighted by molar-refractivity contribution is 7.89. The Morgan fingerprint density at radius 1 is 1.00 bits per heavy atom. The number of carbonyl (C=O) groups is 1. The highest BCUT2D eigenvalue weighted by atomic mass is 35.5. The van der Waals surface area contributed by atoms with E-state index in [1.165, 1.54) is 17.1 Å². The number of primary sulfonamides is 1. The van der Waals surface area contributed by atoms with Gasteiger partial charge >= 0.3 is 0 Å². The van der Waals surface area contributed by atoms with E-state index in [4.69, 9.17) is 28.3 Å². The van der Waals surface area contributed by atoms with Crippen molar-refractivity contribution in [3.8, 4) is 5.69 Å². The third-order valence-corrected chi connectivity index (χ3v) is 6.04. The average Bonchev–Trinajstić information content (AvgIpc) is 3.27. The molecule has 1 aliphatic rings. The molecule has 0 atom stereocenters. The molecule has 1 amide bonds. The molecule has 10 heteroatoms. The minimum absolute atomic E-state index is 0.0214. The highest BCUT2D eigenvalue weighted by Gasteiger charge is 2.29. The molecule has 7 nitrogen and oxygen atoms in total. The Morgan fingerprint density at radius 3 is 2.26 bits per heavy atom. The van der Waals surface area contributed by atoms with E-state index in [0.717, 1.165) is 0 Å². The fraction of sp³-hybridized carbons (Fsp3) is 0.0476. The summed E-state index contributed by atoms with van der Waals surface area (Å²) in [5, 5.41) is 11.6. The average molecular weight is 475 g/mol. The van der Waals surface area contributed by atoms with Crippen LogP contribution in [-0.2, 0) is 14.8 Å². The summed E-state index contributed by atoms with van der Waals surface area (Å²) in [6, 6.07) is 14.6. The van der Waals surface area contributed by atoms with Gasteiger partial charge in [0.15, 0.2) is 0 Å². The van der Waals surface area contributed by atoms with E-state index in [1.807, 2.05) is 16.7 Å². The number of anilines is 1. The predicted octanol–water partition coefficient (Wildman–Crippen LogP) is 4.24. The molecule has 31 heavy (non-hydrogen) atoms. The van der Waals surface area contributed by atoms with E-state index in [9.17, 15) is 13.2 Å². The zero-order valence-electron chi connectivity index (χ0n) is 16.2. The second-order valence-electron chi connectivity index (χ2n) is 6.83. The first kappa shape index (κ1) is 21.3.